The van der Waals surface area contributed by atoms with Crippen LogP contribution in [0.2, 0.25) is 0 Å². The average Bonchev–Trinajstić information content (AvgIpc) is 3.30. The third kappa shape index (κ3) is 48.9. The maximum absolute atomic E-state index is 13.3. The van der Waals surface area contributed by atoms with Crippen LogP contribution in [0.15, 0.2) is 12.2 Å². The molecule has 3 unspecified atom stereocenters. The highest BCUT2D eigenvalue weighted by atomic mass is 16.5. The van der Waals surface area contributed by atoms with Crippen LogP contribution in [0.1, 0.15) is 329 Å². The molecule has 0 aromatic carbocycles. The van der Waals surface area contributed by atoms with Crippen LogP contribution in [0.4, 0.5) is 0 Å². The van der Waals surface area contributed by atoms with E-state index >= 15 is 0 Å². The van der Waals surface area contributed by atoms with Gasteiger partial charge in [-0.1, -0.05) is 277 Å². The normalized spacial score (nSPS) is 13.1. The monoisotopic (exact) mass is 918 g/mol. The lowest BCUT2D eigenvalue weighted by atomic mass is 10.0. The Bertz CT molecular complexity index is 986. The molecule has 0 saturated carbocycles. The highest BCUT2D eigenvalue weighted by molar-refractivity contribution is 5.77. The molecule has 3 N–H and O–H groups in total. The van der Waals surface area contributed by atoms with E-state index in [1.54, 1.807) is 0 Å². The number of nitrogens with one attached hydrogen (secondary N) is 1. The molecule has 0 aliphatic carbocycles. The summed E-state index contributed by atoms with van der Waals surface area (Å²) in [6.07, 6.45) is 61.4. The Morgan fingerprint density at radius 2 is 0.738 bits per heavy atom. The smallest absolute Gasteiger partial charge is 0.306 e. The van der Waals surface area contributed by atoms with Gasteiger partial charge < -0.3 is 20.3 Å². The van der Waals surface area contributed by atoms with E-state index in [0.29, 0.717) is 19.3 Å². The second-order valence-corrected chi connectivity index (χ2v) is 20.4. The molecular formula is C59H115NO5. The Balaban J connectivity index is 4.46. The van der Waals surface area contributed by atoms with E-state index in [1.165, 1.54) is 225 Å². The van der Waals surface area contributed by atoms with Gasteiger partial charge in [-0.3, -0.25) is 9.59 Å². The third-order valence-electron chi connectivity index (χ3n) is 13.8. The predicted octanol–water partition coefficient (Wildman–Crippen LogP) is 18.1. The Morgan fingerprint density at radius 3 is 1.11 bits per heavy atom. The van der Waals surface area contributed by atoms with Crippen molar-refractivity contribution < 1.29 is 24.5 Å². The zero-order valence-electron chi connectivity index (χ0n) is 44.2. The fourth-order valence-corrected chi connectivity index (χ4v) is 9.37. The zero-order valence-corrected chi connectivity index (χ0v) is 44.2. The Hall–Kier alpha value is -1.40. The summed E-state index contributed by atoms with van der Waals surface area (Å²) in [7, 11) is 0. The van der Waals surface area contributed by atoms with E-state index < -0.39 is 18.2 Å². The number of hydrogen-bond acceptors (Lipinski definition) is 5. The number of rotatable bonds is 54. The van der Waals surface area contributed by atoms with E-state index in [4.69, 9.17) is 4.74 Å². The SMILES string of the molecule is CCCCCC/C=C\CCCCCCCC(CC(=O)NC(CO)C(O)CCCCCCCCCCCCCCCCCC)OC(=O)CCCCCCCCCCCCCCCCCCC. The van der Waals surface area contributed by atoms with Crippen molar-refractivity contribution in [1.29, 1.82) is 0 Å². The van der Waals surface area contributed by atoms with Crippen LogP contribution in [-0.4, -0.2) is 46.9 Å². The molecular weight excluding hydrogens is 803 g/mol. The Morgan fingerprint density at radius 1 is 0.431 bits per heavy atom. The number of aliphatic hydroxyl groups is 2. The number of ether oxygens (including phenoxy) is 1. The van der Waals surface area contributed by atoms with Gasteiger partial charge in [-0.2, -0.15) is 0 Å². The van der Waals surface area contributed by atoms with Gasteiger partial charge in [0.25, 0.3) is 0 Å². The van der Waals surface area contributed by atoms with Crippen molar-refractivity contribution in [1.82, 2.24) is 5.32 Å². The summed E-state index contributed by atoms with van der Waals surface area (Å²) in [5.74, 6) is -0.459. The number of aliphatic hydroxyl groups excluding tert-OH is 2. The molecule has 0 aromatic rings. The van der Waals surface area contributed by atoms with Crippen LogP contribution < -0.4 is 5.32 Å². The number of carbonyl (C=O) groups is 2. The summed E-state index contributed by atoms with van der Waals surface area (Å²) in [4.78, 5) is 26.3. The lowest BCUT2D eigenvalue weighted by Gasteiger charge is -2.24. The van der Waals surface area contributed by atoms with Gasteiger partial charge in [0.15, 0.2) is 0 Å². The maximum atomic E-state index is 13.3. The van der Waals surface area contributed by atoms with Crippen LogP contribution in [0, 0.1) is 0 Å². The van der Waals surface area contributed by atoms with Crippen LogP contribution in [-0.2, 0) is 14.3 Å². The Kier molecular flexibility index (Phi) is 52.4. The highest BCUT2D eigenvalue weighted by Crippen LogP contribution is 2.19. The maximum Gasteiger partial charge on any atom is 0.306 e. The van der Waals surface area contributed by atoms with Crippen LogP contribution in [0.5, 0.6) is 0 Å². The van der Waals surface area contributed by atoms with Crippen molar-refractivity contribution in [2.45, 2.75) is 347 Å². The summed E-state index contributed by atoms with van der Waals surface area (Å²) >= 11 is 0. The molecule has 6 nitrogen and oxygen atoms in total. The topological polar surface area (TPSA) is 95.9 Å². The van der Waals surface area contributed by atoms with Gasteiger partial charge in [0.2, 0.25) is 5.91 Å². The van der Waals surface area contributed by atoms with E-state index in [1.807, 2.05) is 0 Å². The van der Waals surface area contributed by atoms with Crippen LogP contribution in [0.25, 0.3) is 0 Å². The first kappa shape index (κ1) is 63.6. The largest absolute Gasteiger partial charge is 0.462 e. The number of carbonyl (C=O) groups excluding carboxylic acids is 2. The lowest BCUT2D eigenvalue weighted by Crippen LogP contribution is -2.46. The number of allylic oxidation sites excluding steroid dienone is 2. The number of unbranched alkanes of at least 4 members (excludes halogenated alkanes) is 40. The van der Waals surface area contributed by atoms with Gasteiger partial charge >= 0.3 is 5.97 Å². The minimum atomic E-state index is -0.785. The molecule has 386 valence electrons. The quantitative estimate of drug-likeness (QED) is 0.0321. The minimum Gasteiger partial charge on any atom is -0.462 e. The second-order valence-electron chi connectivity index (χ2n) is 20.4. The van der Waals surface area contributed by atoms with E-state index in [9.17, 15) is 19.8 Å². The van der Waals surface area contributed by atoms with E-state index in [0.717, 1.165) is 57.8 Å². The first-order valence-electron chi connectivity index (χ1n) is 29.4. The number of hydrogen-bond donors (Lipinski definition) is 3. The molecule has 3 atom stereocenters. The first-order chi connectivity index (χ1) is 32.0. The van der Waals surface area contributed by atoms with E-state index in [2.05, 4.69) is 38.2 Å². The summed E-state index contributed by atoms with van der Waals surface area (Å²) in [6.45, 7) is 6.52. The molecule has 0 aliphatic heterocycles. The summed E-state index contributed by atoms with van der Waals surface area (Å²) in [5.41, 5.74) is 0. The molecule has 0 heterocycles. The highest BCUT2D eigenvalue weighted by Gasteiger charge is 2.24. The summed E-state index contributed by atoms with van der Waals surface area (Å²) in [6, 6.07) is -0.699. The van der Waals surface area contributed by atoms with Crippen molar-refractivity contribution in [2.24, 2.45) is 0 Å². The molecule has 0 saturated heterocycles. The summed E-state index contributed by atoms with van der Waals surface area (Å²) < 4.78 is 5.96. The van der Waals surface area contributed by atoms with Crippen molar-refractivity contribution >= 4 is 11.9 Å². The fraction of sp³-hybridized carbons (Fsp3) is 0.932. The van der Waals surface area contributed by atoms with Crippen LogP contribution >= 0.6 is 0 Å². The fourth-order valence-electron chi connectivity index (χ4n) is 9.37. The van der Waals surface area contributed by atoms with Gasteiger partial charge in [0.05, 0.1) is 25.2 Å². The van der Waals surface area contributed by atoms with Crippen molar-refractivity contribution in [3.63, 3.8) is 0 Å². The molecule has 1 amide bonds. The molecule has 65 heavy (non-hydrogen) atoms. The minimum absolute atomic E-state index is 0.0795. The Labute approximate surface area is 406 Å². The molecule has 0 spiro atoms. The standard InChI is InChI=1S/C59H115NO5/c1-4-7-10-13-16-19-22-25-27-29-31-34-37-40-43-46-49-52-59(64)65-55(50-47-44-41-38-35-32-24-21-18-15-12-9-6-3)53-58(63)60-56(54-61)57(62)51-48-45-42-39-36-33-30-28-26-23-20-17-14-11-8-5-2/h21,24,55-57,61-62H,4-20,22-23,25-54H2,1-3H3,(H,60,63)/b24-21-. The molecule has 6 heteroatoms. The predicted molar refractivity (Wildman–Crippen MR) is 283 cm³/mol. The first-order valence-corrected chi connectivity index (χ1v) is 29.4. The van der Waals surface area contributed by atoms with Gasteiger partial charge in [-0.15, -0.1) is 0 Å². The molecule has 0 radical (unpaired) electrons. The number of esters is 1. The summed E-state index contributed by atoms with van der Waals surface area (Å²) in [5, 5.41) is 23.9. The van der Waals surface area contributed by atoms with Crippen molar-refractivity contribution in [3.8, 4) is 0 Å². The van der Waals surface area contributed by atoms with E-state index in [-0.39, 0.29) is 24.9 Å². The van der Waals surface area contributed by atoms with Gasteiger partial charge in [0.1, 0.15) is 6.10 Å². The van der Waals surface area contributed by atoms with Gasteiger partial charge in [-0.25, -0.2) is 0 Å². The molecule has 0 fully saturated rings. The molecule has 0 bridgehead atoms. The molecule has 0 aliphatic rings. The second kappa shape index (κ2) is 53.6. The lowest BCUT2D eigenvalue weighted by molar-refractivity contribution is -0.151. The van der Waals surface area contributed by atoms with Crippen molar-refractivity contribution in [3.05, 3.63) is 12.2 Å². The zero-order chi connectivity index (χ0) is 47.4. The molecule has 0 rings (SSSR count). The average molecular weight is 919 g/mol. The molecule has 0 aromatic heterocycles. The number of amides is 1. The third-order valence-corrected chi connectivity index (χ3v) is 13.8. The van der Waals surface area contributed by atoms with Gasteiger partial charge in [0, 0.05) is 6.42 Å². The van der Waals surface area contributed by atoms with Crippen LogP contribution in [0.3, 0.4) is 0 Å². The van der Waals surface area contributed by atoms with Crippen molar-refractivity contribution in [2.75, 3.05) is 6.61 Å². The van der Waals surface area contributed by atoms with Gasteiger partial charge in [-0.05, 0) is 51.4 Å².